The maximum Gasteiger partial charge on any atom is 0.411 e. The lowest BCUT2D eigenvalue weighted by Gasteiger charge is -2.28. The summed E-state index contributed by atoms with van der Waals surface area (Å²) in [6.45, 7) is 6.82. The van der Waals surface area contributed by atoms with Crippen molar-refractivity contribution in [2.75, 3.05) is 6.54 Å². The van der Waals surface area contributed by atoms with E-state index < -0.39 is 34.1 Å². The summed E-state index contributed by atoms with van der Waals surface area (Å²) in [6, 6.07) is -1.11. The Morgan fingerprint density at radius 1 is 1.39 bits per heavy atom. The lowest BCUT2D eigenvalue weighted by atomic mass is 10.1. The summed E-state index contributed by atoms with van der Waals surface area (Å²) in [5.74, 6) is -0.438. The molecule has 1 heterocycles. The SMILES string of the molecule is C[C@@H](NC(=O)[C@@H]1C[C@@H](F)CN1C(=O)OC(C)(C)C)[C@H]1CC1(Cl)Cl. The van der Waals surface area contributed by atoms with E-state index in [0.29, 0.717) is 6.42 Å². The van der Waals surface area contributed by atoms with E-state index in [-0.39, 0.29) is 24.9 Å². The highest BCUT2D eigenvalue weighted by molar-refractivity contribution is 6.50. The molecule has 5 nitrogen and oxygen atoms in total. The van der Waals surface area contributed by atoms with Gasteiger partial charge in [-0.05, 0) is 34.1 Å². The zero-order chi connectivity index (χ0) is 17.6. The molecular formula is C15H23Cl2FN2O3. The second-order valence-electron chi connectivity index (χ2n) is 7.35. The number of hydrogen-bond donors (Lipinski definition) is 1. The number of amides is 2. The molecule has 1 saturated carbocycles. The molecule has 0 aromatic carbocycles. The van der Waals surface area contributed by atoms with Crippen molar-refractivity contribution in [2.45, 2.75) is 68.7 Å². The van der Waals surface area contributed by atoms with Crippen LogP contribution in [0.25, 0.3) is 0 Å². The van der Waals surface area contributed by atoms with Crippen LogP contribution in [0.1, 0.15) is 40.5 Å². The van der Waals surface area contributed by atoms with E-state index in [1.165, 1.54) is 0 Å². The lowest BCUT2D eigenvalue weighted by molar-refractivity contribution is -0.126. The van der Waals surface area contributed by atoms with E-state index in [0.717, 1.165) is 4.90 Å². The minimum absolute atomic E-state index is 0.0324. The molecule has 23 heavy (non-hydrogen) atoms. The van der Waals surface area contributed by atoms with E-state index in [2.05, 4.69) is 5.32 Å². The van der Waals surface area contributed by atoms with Crippen LogP contribution in [0, 0.1) is 5.92 Å². The molecule has 0 bridgehead atoms. The predicted molar refractivity (Wildman–Crippen MR) is 86.4 cm³/mol. The first-order valence-electron chi connectivity index (χ1n) is 7.72. The third-order valence-electron chi connectivity index (χ3n) is 4.03. The Balaban J connectivity index is 1.98. The summed E-state index contributed by atoms with van der Waals surface area (Å²) < 4.78 is 18.2. The van der Waals surface area contributed by atoms with Crippen LogP contribution in [0.3, 0.4) is 0 Å². The first-order valence-corrected chi connectivity index (χ1v) is 8.48. The molecule has 0 unspecified atom stereocenters. The molecule has 0 aromatic heterocycles. The van der Waals surface area contributed by atoms with Crippen molar-refractivity contribution in [1.29, 1.82) is 0 Å². The van der Waals surface area contributed by atoms with Crippen molar-refractivity contribution in [3.8, 4) is 0 Å². The van der Waals surface area contributed by atoms with Gasteiger partial charge in [0, 0.05) is 18.4 Å². The summed E-state index contributed by atoms with van der Waals surface area (Å²) in [5, 5.41) is 2.78. The van der Waals surface area contributed by atoms with Gasteiger partial charge in [-0.2, -0.15) is 0 Å². The highest BCUT2D eigenvalue weighted by Crippen LogP contribution is 2.54. The molecule has 2 aliphatic rings. The number of rotatable bonds is 3. The number of likely N-dealkylation sites (tertiary alicyclic amines) is 1. The Morgan fingerprint density at radius 2 is 1.96 bits per heavy atom. The van der Waals surface area contributed by atoms with Crippen molar-refractivity contribution in [3.05, 3.63) is 0 Å². The number of hydrogen-bond acceptors (Lipinski definition) is 3. The number of nitrogens with one attached hydrogen (secondary N) is 1. The van der Waals surface area contributed by atoms with Crippen LogP contribution in [-0.2, 0) is 9.53 Å². The van der Waals surface area contributed by atoms with Gasteiger partial charge in [-0.25, -0.2) is 9.18 Å². The first kappa shape index (κ1) is 18.6. The topological polar surface area (TPSA) is 58.6 Å². The lowest BCUT2D eigenvalue weighted by Crippen LogP contribution is -2.50. The molecule has 2 fully saturated rings. The fourth-order valence-corrected chi connectivity index (χ4v) is 3.46. The molecular weight excluding hydrogens is 346 g/mol. The monoisotopic (exact) mass is 368 g/mol. The molecule has 132 valence electrons. The average Bonchev–Trinajstić information content (AvgIpc) is 2.82. The number of carbonyl (C=O) groups excluding carboxylic acids is 2. The van der Waals surface area contributed by atoms with Gasteiger partial charge < -0.3 is 10.1 Å². The maximum atomic E-state index is 13.7. The molecule has 1 aliphatic carbocycles. The van der Waals surface area contributed by atoms with Crippen LogP contribution in [0.4, 0.5) is 9.18 Å². The molecule has 1 N–H and O–H groups in total. The predicted octanol–water partition coefficient (Wildman–Crippen LogP) is 3.03. The highest BCUT2D eigenvalue weighted by Gasteiger charge is 2.55. The van der Waals surface area contributed by atoms with Crippen LogP contribution in [0.15, 0.2) is 0 Å². The number of halogens is 3. The molecule has 2 rings (SSSR count). The molecule has 1 aliphatic heterocycles. The van der Waals surface area contributed by atoms with Gasteiger partial charge in [0.25, 0.3) is 0 Å². The van der Waals surface area contributed by atoms with Crippen molar-refractivity contribution in [3.63, 3.8) is 0 Å². The Bertz CT molecular complexity index is 496. The maximum absolute atomic E-state index is 13.7. The minimum atomic E-state index is -1.24. The largest absolute Gasteiger partial charge is 0.444 e. The van der Waals surface area contributed by atoms with Crippen LogP contribution in [0.2, 0.25) is 0 Å². The van der Waals surface area contributed by atoms with Crippen LogP contribution >= 0.6 is 23.2 Å². The Kier molecular flexibility index (Phi) is 5.07. The summed E-state index contributed by atoms with van der Waals surface area (Å²) in [7, 11) is 0. The van der Waals surface area contributed by atoms with Gasteiger partial charge in [0.1, 0.15) is 22.1 Å². The number of nitrogens with zero attached hydrogens (tertiary/aromatic N) is 1. The van der Waals surface area contributed by atoms with Crippen molar-refractivity contribution in [1.82, 2.24) is 10.2 Å². The first-order chi connectivity index (χ1) is 10.4. The van der Waals surface area contributed by atoms with Gasteiger partial charge >= 0.3 is 6.09 Å². The van der Waals surface area contributed by atoms with E-state index in [4.69, 9.17) is 27.9 Å². The number of ether oxygens (including phenoxy) is 1. The Morgan fingerprint density at radius 3 is 2.43 bits per heavy atom. The minimum Gasteiger partial charge on any atom is -0.444 e. The van der Waals surface area contributed by atoms with Crippen LogP contribution in [0.5, 0.6) is 0 Å². The normalized spacial score (nSPS) is 30.7. The van der Waals surface area contributed by atoms with Gasteiger partial charge in [0.05, 0.1) is 6.54 Å². The van der Waals surface area contributed by atoms with Crippen molar-refractivity contribution >= 4 is 35.2 Å². The average molecular weight is 369 g/mol. The third kappa shape index (κ3) is 4.63. The number of carbonyl (C=O) groups is 2. The van der Waals surface area contributed by atoms with Gasteiger partial charge in [-0.3, -0.25) is 9.69 Å². The fraction of sp³-hybridized carbons (Fsp3) is 0.867. The summed E-state index contributed by atoms with van der Waals surface area (Å²) in [5.41, 5.74) is -0.704. The fourth-order valence-electron chi connectivity index (χ4n) is 2.75. The number of alkyl halides is 3. The van der Waals surface area contributed by atoms with Gasteiger partial charge in [-0.15, -0.1) is 23.2 Å². The standard InChI is InChI=1S/C15H23Cl2FN2O3/c1-8(10-6-15(10,16)17)19-12(21)11-5-9(18)7-20(11)13(22)23-14(2,3)4/h8-11H,5-7H2,1-4H3,(H,19,21)/t8-,9-,10-,11+/m1/s1. The van der Waals surface area contributed by atoms with Crippen molar-refractivity contribution < 1.29 is 18.7 Å². The highest BCUT2D eigenvalue weighted by atomic mass is 35.5. The van der Waals surface area contributed by atoms with E-state index >= 15 is 0 Å². The molecule has 8 heteroatoms. The zero-order valence-corrected chi connectivity index (χ0v) is 15.2. The van der Waals surface area contributed by atoms with E-state index in [9.17, 15) is 14.0 Å². The third-order valence-corrected chi connectivity index (χ3v) is 4.90. The van der Waals surface area contributed by atoms with E-state index in [1.807, 2.05) is 0 Å². The molecule has 4 atom stereocenters. The Hall–Kier alpha value is -0.750. The van der Waals surface area contributed by atoms with Gasteiger partial charge in [0.15, 0.2) is 0 Å². The van der Waals surface area contributed by atoms with E-state index in [1.54, 1.807) is 27.7 Å². The smallest absolute Gasteiger partial charge is 0.411 e. The summed E-state index contributed by atoms with van der Waals surface area (Å²) in [4.78, 5) is 25.7. The molecule has 1 saturated heterocycles. The van der Waals surface area contributed by atoms with Crippen molar-refractivity contribution in [2.24, 2.45) is 5.92 Å². The quantitative estimate of drug-likeness (QED) is 0.778. The zero-order valence-electron chi connectivity index (χ0n) is 13.7. The van der Waals surface area contributed by atoms with Gasteiger partial charge in [-0.1, -0.05) is 0 Å². The molecule has 0 spiro atoms. The second-order valence-corrected chi connectivity index (χ2v) is 8.89. The summed E-state index contributed by atoms with van der Waals surface area (Å²) in [6.07, 6.45) is -1.35. The molecule has 2 amide bonds. The molecule has 0 aromatic rings. The Labute approximate surface area is 145 Å². The molecule has 0 radical (unpaired) electrons. The van der Waals surface area contributed by atoms with Crippen LogP contribution < -0.4 is 5.32 Å². The van der Waals surface area contributed by atoms with Crippen LogP contribution in [-0.4, -0.2) is 51.6 Å². The summed E-state index contributed by atoms with van der Waals surface area (Å²) >= 11 is 12.0. The van der Waals surface area contributed by atoms with Gasteiger partial charge in [0.2, 0.25) is 5.91 Å². The second kappa shape index (κ2) is 6.28.